The molecule has 0 spiro atoms. The van der Waals surface area contributed by atoms with Crippen LogP contribution in [0.1, 0.15) is 24.0 Å². The Morgan fingerprint density at radius 3 is 2.52 bits per heavy atom. The molecular weight excluding hydrogens is 292 g/mol. The zero-order valence-electron chi connectivity index (χ0n) is 12.4. The van der Waals surface area contributed by atoms with Gasteiger partial charge in [0, 0.05) is 17.5 Å². The molecule has 1 aliphatic rings. The van der Waals surface area contributed by atoms with E-state index in [1.807, 2.05) is 54.6 Å². The molecule has 2 aromatic rings. The van der Waals surface area contributed by atoms with Gasteiger partial charge in [-0.15, -0.1) is 0 Å². The number of amides is 1. The molecule has 5 nitrogen and oxygen atoms in total. The molecule has 0 radical (unpaired) electrons. The molecule has 0 saturated heterocycles. The number of carbonyl (C=O) groups excluding carboxylic acids is 1. The minimum atomic E-state index is -0.934. The summed E-state index contributed by atoms with van der Waals surface area (Å²) in [5.74, 6) is -1.21. The minimum absolute atomic E-state index is 0.0972. The fraction of sp³-hybridized carbons (Fsp3) is 0.167. The zero-order chi connectivity index (χ0) is 16.2. The number of benzene rings is 2. The van der Waals surface area contributed by atoms with Crippen LogP contribution in [-0.2, 0) is 9.59 Å². The minimum Gasteiger partial charge on any atom is -0.481 e. The lowest BCUT2D eigenvalue weighted by Crippen LogP contribution is -2.26. The van der Waals surface area contributed by atoms with Gasteiger partial charge in [-0.05, 0) is 12.5 Å². The van der Waals surface area contributed by atoms with Crippen LogP contribution in [0.25, 0.3) is 0 Å². The highest BCUT2D eigenvalue weighted by Crippen LogP contribution is 2.25. The summed E-state index contributed by atoms with van der Waals surface area (Å²) in [5.41, 5.74) is 3.13. The van der Waals surface area contributed by atoms with E-state index in [1.165, 1.54) is 0 Å². The van der Waals surface area contributed by atoms with Gasteiger partial charge in [-0.1, -0.05) is 48.5 Å². The first kappa shape index (κ1) is 15.0. The third-order valence-electron chi connectivity index (χ3n) is 3.71. The van der Waals surface area contributed by atoms with Crippen LogP contribution in [0.15, 0.2) is 59.6 Å². The number of anilines is 1. The first-order valence-corrected chi connectivity index (χ1v) is 7.40. The van der Waals surface area contributed by atoms with E-state index in [-0.39, 0.29) is 18.7 Å². The van der Waals surface area contributed by atoms with Crippen LogP contribution in [0.2, 0.25) is 0 Å². The molecule has 3 rings (SSSR count). The van der Waals surface area contributed by atoms with E-state index < -0.39 is 12.0 Å². The van der Waals surface area contributed by atoms with E-state index in [2.05, 4.69) is 10.3 Å². The van der Waals surface area contributed by atoms with Gasteiger partial charge in [0.15, 0.2) is 0 Å². The number of benzodiazepines with no additional fused rings is 1. The Kier molecular flexibility index (Phi) is 4.19. The van der Waals surface area contributed by atoms with Crippen LogP contribution < -0.4 is 5.32 Å². The van der Waals surface area contributed by atoms with Crippen molar-refractivity contribution < 1.29 is 14.7 Å². The molecular formula is C18H16N2O3. The van der Waals surface area contributed by atoms with Gasteiger partial charge in [-0.3, -0.25) is 14.6 Å². The SMILES string of the molecule is O=C(O)CC[C@@H]1N=C(c2ccccc2)c2ccccc2NC1=O. The number of nitrogens with one attached hydrogen (secondary N) is 1. The van der Waals surface area contributed by atoms with Crippen molar-refractivity contribution in [2.75, 3.05) is 5.32 Å². The Labute approximate surface area is 133 Å². The Bertz CT molecular complexity index is 769. The number of aliphatic imine (C=N–C) groups is 1. The second kappa shape index (κ2) is 6.44. The maximum Gasteiger partial charge on any atom is 0.303 e. The summed E-state index contributed by atoms with van der Waals surface area (Å²) in [6.07, 6.45) is 0.0749. The number of carboxylic acid groups (broad SMARTS) is 1. The third-order valence-corrected chi connectivity index (χ3v) is 3.71. The van der Waals surface area contributed by atoms with Crippen LogP contribution in [0.3, 0.4) is 0 Å². The number of hydrogen-bond acceptors (Lipinski definition) is 3. The quantitative estimate of drug-likeness (QED) is 0.911. The van der Waals surface area contributed by atoms with Crippen molar-refractivity contribution in [3.8, 4) is 0 Å². The zero-order valence-corrected chi connectivity index (χ0v) is 12.4. The lowest BCUT2D eigenvalue weighted by molar-refractivity contribution is -0.137. The number of hydrogen-bond donors (Lipinski definition) is 2. The molecule has 1 amide bonds. The summed E-state index contributed by atoms with van der Waals surface area (Å²) >= 11 is 0. The predicted octanol–water partition coefficient (Wildman–Crippen LogP) is 2.71. The van der Waals surface area contributed by atoms with Crippen molar-refractivity contribution in [2.45, 2.75) is 18.9 Å². The van der Waals surface area contributed by atoms with Gasteiger partial charge in [-0.25, -0.2) is 0 Å². The Hall–Kier alpha value is -2.95. The molecule has 1 heterocycles. The molecule has 0 aliphatic carbocycles. The number of aliphatic carboxylic acids is 1. The van der Waals surface area contributed by atoms with E-state index in [0.717, 1.165) is 11.1 Å². The average Bonchev–Trinajstić information content (AvgIpc) is 2.70. The number of carboxylic acids is 1. The normalized spacial score (nSPS) is 16.8. The number of carbonyl (C=O) groups is 2. The van der Waals surface area contributed by atoms with Gasteiger partial charge in [-0.2, -0.15) is 0 Å². The van der Waals surface area contributed by atoms with Gasteiger partial charge >= 0.3 is 5.97 Å². The Morgan fingerprint density at radius 1 is 1.09 bits per heavy atom. The highest BCUT2D eigenvalue weighted by molar-refractivity contribution is 6.19. The van der Waals surface area contributed by atoms with Crippen molar-refractivity contribution in [3.05, 3.63) is 65.7 Å². The van der Waals surface area contributed by atoms with Crippen LogP contribution in [0.4, 0.5) is 5.69 Å². The third kappa shape index (κ3) is 3.29. The lowest BCUT2D eigenvalue weighted by Gasteiger charge is -2.09. The van der Waals surface area contributed by atoms with E-state index in [1.54, 1.807) is 0 Å². The molecule has 5 heteroatoms. The summed E-state index contributed by atoms with van der Waals surface area (Å²) in [6.45, 7) is 0. The monoisotopic (exact) mass is 308 g/mol. The second-order valence-electron chi connectivity index (χ2n) is 5.33. The second-order valence-corrected chi connectivity index (χ2v) is 5.33. The van der Waals surface area contributed by atoms with E-state index in [9.17, 15) is 9.59 Å². The topological polar surface area (TPSA) is 78.8 Å². The predicted molar refractivity (Wildman–Crippen MR) is 87.8 cm³/mol. The Balaban J connectivity index is 2.07. The van der Waals surface area contributed by atoms with Gasteiger partial charge < -0.3 is 10.4 Å². The first-order valence-electron chi connectivity index (χ1n) is 7.40. The molecule has 2 aromatic carbocycles. The smallest absolute Gasteiger partial charge is 0.303 e. The summed E-state index contributed by atoms with van der Waals surface area (Å²) in [4.78, 5) is 27.8. The summed E-state index contributed by atoms with van der Waals surface area (Å²) < 4.78 is 0. The fourth-order valence-corrected chi connectivity index (χ4v) is 2.58. The maximum atomic E-state index is 12.4. The van der Waals surface area contributed by atoms with Crippen molar-refractivity contribution >= 4 is 23.3 Å². The van der Waals surface area contributed by atoms with Crippen LogP contribution in [-0.4, -0.2) is 28.7 Å². The molecule has 0 unspecified atom stereocenters. The van der Waals surface area contributed by atoms with Crippen molar-refractivity contribution in [2.24, 2.45) is 4.99 Å². The van der Waals surface area contributed by atoms with Crippen molar-refractivity contribution in [3.63, 3.8) is 0 Å². The molecule has 116 valence electrons. The summed E-state index contributed by atoms with van der Waals surface area (Å²) in [5, 5.41) is 11.7. The van der Waals surface area contributed by atoms with Crippen molar-refractivity contribution in [1.82, 2.24) is 0 Å². The number of fused-ring (bicyclic) bond motifs is 1. The highest BCUT2D eigenvalue weighted by Gasteiger charge is 2.25. The van der Waals surface area contributed by atoms with E-state index in [4.69, 9.17) is 5.11 Å². The Morgan fingerprint density at radius 2 is 1.78 bits per heavy atom. The van der Waals surface area contributed by atoms with Gasteiger partial charge in [0.1, 0.15) is 6.04 Å². The number of rotatable bonds is 4. The molecule has 0 fully saturated rings. The molecule has 1 aliphatic heterocycles. The largest absolute Gasteiger partial charge is 0.481 e. The first-order chi connectivity index (χ1) is 11.1. The molecule has 0 saturated carbocycles. The van der Waals surface area contributed by atoms with E-state index in [0.29, 0.717) is 11.4 Å². The van der Waals surface area contributed by atoms with Gasteiger partial charge in [0.25, 0.3) is 0 Å². The van der Waals surface area contributed by atoms with Crippen molar-refractivity contribution in [1.29, 1.82) is 0 Å². The summed E-state index contributed by atoms with van der Waals surface area (Å²) in [6, 6.07) is 16.3. The number of nitrogens with zero attached hydrogens (tertiary/aromatic N) is 1. The molecule has 2 N–H and O–H groups in total. The van der Waals surface area contributed by atoms with Crippen LogP contribution >= 0.6 is 0 Å². The molecule has 0 aromatic heterocycles. The van der Waals surface area contributed by atoms with Crippen LogP contribution in [0.5, 0.6) is 0 Å². The molecule has 0 bridgehead atoms. The summed E-state index contributed by atoms with van der Waals surface area (Å²) in [7, 11) is 0. The standard InChI is InChI=1S/C18H16N2O3/c21-16(22)11-10-15-18(23)20-14-9-5-4-8-13(14)17(19-15)12-6-2-1-3-7-12/h1-9,15H,10-11H2,(H,20,23)(H,21,22)/t15-/m0/s1. The van der Waals surface area contributed by atoms with Gasteiger partial charge in [0.2, 0.25) is 5.91 Å². The number of para-hydroxylation sites is 1. The average molecular weight is 308 g/mol. The maximum absolute atomic E-state index is 12.4. The lowest BCUT2D eigenvalue weighted by atomic mass is 10.0. The fourth-order valence-electron chi connectivity index (χ4n) is 2.58. The van der Waals surface area contributed by atoms with Gasteiger partial charge in [0.05, 0.1) is 11.4 Å². The molecule has 1 atom stereocenters. The van der Waals surface area contributed by atoms with Crippen LogP contribution in [0, 0.1) is 0 Å². The molecule has 23 heavy (non-hydrogen) atoms. The van der Waals surface area contributed by atoms with E-state index >= 15 is 0 Å². The highest BCUT2D eigenvalue weighted by atomic mass is 16.4.